The molecule has 0 spiro atoms. The van der Waals surface area contributed by atoms with Gasteiger partial charge in [-0.3, -0.25) is 9.59 Å². The Morgan fingerprint density at radius 1 is 1.00 bits per heavy atom. The molecule has 100 valence electrons. The van der Waals surface area contributed by atoms with Crippen LogP contribution in [0.25, 0.3) is 0 Å². The molecule has 3 rings (SSSR count). The number of hydrogen-bond acceptors (Lipinski definition) is 4. The quantitative estimate of drug-likeness (QED) is 0.771. The summed E-state index contributed by atoms with van der Waals surface area (Å²) in [7, 11) is 1.48. The summed E-state index contributed by atoms with van der Waals surface area (Å²) < 4.78 is 5.12. The molecule has 1 N–H and O–H groups in total. The van der Waals surface area contributed by atoms with E-state index in [-0.39, 0.29) is 29.3 Å². The van der Waals surface area contributed by atoms with Crippen molar-refractivity contribution >= 4 is 11.6 Å². The van der Waals surface area contributed by atoms with Crippen molar-refractivity contribution in [3.8, 4) is 5.75 Å². The molecule has 0 aliphatic heterocycles. The second kappa shape index (κ2) is 4.58. The highest BCUT2D eigenvalue weighted by Gasteiger charge is 2.31. The first-order valence-corrected chi connectivity index (χ1v) is 6.17. The van der Waals surface area contributed by atoms with Gasteiger partial charge in [-0.2, -0.15) is 0 Å². The molecule has 0 radical (unpaired) electrons. The van der Waals surface area contributed by atoms with Crippen LogP contribution in [-0.4, -0.2) is 23.8 Å². The fraction of sp³-hybridized carbons (Fsp3) is 0.125. The molecular formula is C16H12O4. The maximum Gasteiger partial charge on any atom is 0.194 e. The number of aliphatic hydroxyl groups excluding tert-OH is 1. The van der Waals surface area contributed by atoms with Crippen LogP contribution >= 0.6 is 0 Å². The lowest BCUT2D eigenvalue weighted by Gasteiger charge is -2.20. The normalized spacial score (nSPS) is 12.9. The lowest BCUT2D eigenvalue weighted by molar-refractivity contribution is 0.0976. The predicted molar refractivity (Wildman–Crippen MR) is 72.2 cm³/mol. The second-order valence-corrected chi connectivity index (χ2v) is 4.57. The van der Waals surface area contributed by atoms with E-state index in [1.165, 1.54) is 7.11 Å². The van der Waals surface area contributed by atoms with Crippen molar-refractivity contribution in [2.24, 2.45) is 0 Å². The minimum atomic E-state index is -0.319. The Bertz CT molecular complexity index is 731. The van der Waals surface area contributed by atoms with Crippen molar-refractivity contribution < 1.29 is 19.4 Å². The highest BCUT2D eigenvalue weighted by atomic mass is 16.5. The Morgan fingerprint density at radius 2 is 1.65 bits per heavy atom. The number of benzene rings is 2. The summed E-state index contributed by atoms with van der Waals surface area (Å²) in [6.07, 6.45) is 0. The molecule has 1 aliphatic carbocycles. The summed E-state index contributed by atoms with van der Waals surface area (Å²) >= 11 is 0. The Balaban J connectivity index is 2.32. The van der Waals surface area contributed by atoms with Crippen molar-refractivity contribution in [3.63, 3.8) is 0 Å². The average Bonchev–Trinajstić information content (AvgIpc) is 2.51. The van der Waals surface area contributed by atoms with Gasteiger partial charge in [0.15, 0.2) is 11.6 Å². The molecule has 0 heterocycles. The van der Waals surface area contributed by atoms with E-state index in [0.29, 0.717) is 22.4 Å². The van der Waals surface area contributed by atoms with Crippen LogP contribution < -0.4 is 4.74 Å². The molecule has 20 heavy (non-hydrogen) atoms. The number of rotatable bonds is 2. The van der Waals surface area contributed by atoms with Gasteiger partial charge >= 0.3 is 0 Å². The molecule has 0 saturated carbocycles. The molecule has 0 unspecified atom stereocenters. The number of ketones is 2. The predicted octanol–water partition coefficient (Wildman–Crippen LogP) is 1.96. The first-order valence-electron chi connectivity index (χ1n) is 6.17. The molecule has 1 aliphatic rings. The molecule has 0 aromatic heterocycles. The molecule has 0 saturated heterocycles. The molecule has 2 aromatic rings. The van der Waals surface area contributed by atoms with E-state index in [9.17, 15) is 14.7 Å². The van der Waals surface area contributed by atoms with Gasteiger partial charge in [0.05, 0.1) is 13.7 Å². The Morgan fingerprint density at radius 3 is 2.25 bits per heavy atom. The Kier molecular flexibility index (Phi) is 2.88. The topological polar surface area (TPSA) is 63.6 Å². The maximum atomic E-state index is 12.5. The van der Waals surface area contributed by atoms with Crippen LogP contribution in [0, 0.1) is 0 Å². The van der Waals surface area contributed by atoms with Gasteiger partial charge in [0.25, 0.3) is 0 Å². The Labute approximate surface area is 115 Å². The number of carbonyl (C=O) groups excluding carboxylic acids is 2. The largest absolute Gasteiger partial charge is 0.497 e. The van der Waals surface area contributed by atoms with E-state index in [1.54, 1.807) is 36.4 Å². The van der Waals surface area contributed by atoms with Crippen molar-refractivity contribution in [3.05, 3.63) is 64.2 Å². The van der Waals surface area contributed by atoms with E-state index in [1.807, 2.05) is 0 Å². The van der Waals surface area contributed by atoms with Crippen LogP contribution in [0.2, 0.25) is 0 Å². The van der Waals surface area contributed by atoms with Gasteiger partial charge in [-0.05, 0) is 17.7 Å². The molecule has 0 fully saturated rings. The van der Waals surface area contributed by atoms with Crippen LogP contribution in [0.15, 0.2) is 36.4 Å². The summed E-state index contributed by atoms with van der Waals surface area (Å²) in [5.74, 6) is -0.000894. The molecule has 4 heteroatoms. The van der Waals surface area contributed by atoms with Crippen LogP contribution in [0.5, 0.6) is 5.75 Å². The minimum Gasteiger partial charge on any atom is -0.497 e. The molecule has 0 amide bonds. The van der Waals surface area contributed by atoms with Gasteiger partial charge in [0, 0.05) is 22.3 Å². The monoisotopic (exact) mass is 268 g/mol. The van der Waals surface area contributed by atoms with Crippen molar-refractivity contribution in [2.75, 3.05) is 7.11 Å². The molecular weight excluding hydrogens is 256 g/mol. The lowest BCUT2D eigenvalue weighted by Crippen LogP contribution is -2.22. The second-order valence-electron chi connectivity index (χ2n) is 4.57. The van der Waals surface area contributed by atoms with Crippen molar-refractivity contribution in [1.29, 1.82) is 0 Å². The zero-order chi connectivity index (χ0) is 14.3. The number of ether oxygens (including phenoxy) is 1. The van der Waals surface area contributed by atoms with Crippen LogP contribution in [-0.2, 0) is 6.61 Å². The third-order valence-corrected chi connectivity index (χ3v) is 3.49. The third-order valence-electron chi connectivity index (χ3n) is 3.49. The number of aliphatic hydroxyl groups is 1. The highest BCUT2D eigenvalue weighted by Crippen LogP contribution is 2.32. The fourth-order valence-electron chi connectivity index (χ4n) is 2.52. The van der Waals surface area contributed by atoms with E-state index >= 15 is 0 Å². The summed E-state index contributed by atoms with van der Waals surface area (Å²) in [6.45, 7) is -0.319. The fourth-order valence-corrected chi connectivity index (χ4v) is 2.52. The van der Waals surface area contributed by atoms with Crippen LogP contribution in [0.4, 0.5) is 0 Å². The maximum absolute atomic E-state index is 12.5. The first kappa shape index (κ1) is 12.6. The lowest BCUT2D eigenvalue weighted by atomic mass is 9.82. The van der Waals surface area contributed by atoms with E-state index in [2.05, 4.69) is 0 Å². The summed E-state index contributed by atoms with van der Waals surface area (Å²) in [5, 5.41) is 9.45. The molecule has 0 atom stereocenters. The average molecular weight is 268 g/mol. The summed E-state index contributed by atoms with van der Waals surface area (Å²) in [4.78, 5) is 25.0. The van der Waals surface area contributed by atoms with E-state index in [4.69, 9.17) is 4.74 Å². The third kappa shape index (κ3) is 1.66. The molecule has 4 nitrogen and oxygen atoms in total. The van der Waals surface area contributed by atoms with Gasteiger partial charge in [-0.1, -0.05) is 24.3 Å². The minimum absolute atomic E-state index is 0.219. The number of hydrogen-bond donors (Lipinski definition) is 1. The van der Waals surface area contributed by atoms with Crippen LogP contribution in [0.3, 0.4) is 0 Å². The zero-order valence-electron chi connectivity index (χ0n) is 10.8. The Hall–Kier alpha value is -2.46. The SMILES string of the molecule is COc1cc(CO)c2c(c1)C(=O)c1ccccc1C2=O. The smallest absolute Gasteiger partial charge is 0.194 e. The van der Waals surface area contributed by atoms with E-state index in [0.717, 1.165) is 0 Å². The number of carbonyl (C=O) groups is 2. The molecule has 0 bridgehead atoms. The summed E-state index contributed by atoms with van der Waals surface area (Å²) in [6, 6.07) is 9.84. The number of fused-ring (bicyclic) bond motifs is 2. The van der Waals surface area contributed by atoms with Gasteiger partial charge in [-0.25, -0.2) is 0 Å². The van der Waals surface area contributed by atoms with Gasteiger partial charge in [0.2, 0.25) is 0 Å². The van der Waals surface area contributed by atoms with E-state index < -0.39 is 0 Å². The zero-order valence-corrected chi connectivity index (χ0v) is 10.8. The summed E-state index contributed by atoms with van der Waals surface area (Å²) in [5.41, 5.74) is 1.74. The van der Waals surface area contributed by atoms with Crippen molar-refractivity contribution in [2.45, 2.75) is 6.61 Å². The first-order chi connectivity index (χ1) is 9.67. The highest BCUT2D eigenvalue weighted by molar-refractivity contribution is 6.29. The number of methoxy groups -OCH3 is 1. The van der Waals surface area contributed by atoms with Crippen LogP contribution in [0.1, 0.15) is 37.4 Å². The standard InChI is InChI=1S/C16H12O4/c1-20-10-6-9(8-17)14-13(7-10)15(18)11-4-2-3-5-12(11)16(14)19/h2-7,17H,8H2,1H3. The van der Waals surface area contributed by atoms with Gasteiger partial charge in [0.1, 0.15) is 5.75 Å². The molecule has 2 aromatic carbocycles. The van der Waals surface area contributed by atoms with Crippen molar-refractivity contribution in [1.82, 2.24) is 0 Å². The van der Waals surface area contributed by atoms with Gasteiger partial charge < -0.3 is 9.84 Å². The van der Waals surface area contributed by atoms with Gasteiger partial charge in [-0.15, -0.1) is 0 Å².